The average molecular weight is 1070 g/mol. The van der Waals surface area contributed by atoms with Gasteiger partial charge >= 0.3 is 12.1 Å². The van der Waals surface area contributed by atoms with E-state index in [1.807, 2.05) is 25.1 Å². The molecule has 7 fully saturated rings. The third-order valence-corrected chi connectivity index (χ3v) is 18.3. The molecule has 10 rings (SSSR count). The molecule has 416 valence electrons. The first kappa shape index (κ1) is 54.7. The summed E-state index contributed by atoms with van der Waals surface area (Å²) < 4.78 is 30.0. The van der Waals surface area contributed by atoms with Crippen LogP contribution < -0.4 is 26.6 Å². The number of aliphatic carboxylic acids is 1. The van der Waals surface area contributed by atoms with Crippen molar-refractivity contribution in [2.45, 2.75) is 146 Å². The zero-order chi connectivity index (χ0) is 54.8. The van der Waals surface area contributed by atoms with Crippen molar-refractivity contribution in [1.82, 2.24) is 10.6 Å². The number of hydrogen-bond donors (Lipinski definition) is 10. The number of ketones is 2. The van der Waals surface area contributed by atoms with Crippen LogP contribution in [-0.2, 0) is 60.8 Å². The Hall–Kier alpha value is -5.66. The quantitative estimate of drug-likeness (QED) is 0.101. The average Bonchev–Trinajstić information content (AvgIpc) is 4.09. The Morgan fingerprint density at radius 1 is 0.896 bits per heavy atom. The van der Waals surface area contributed by atoms with Crippen molar-refractivity contribution in [1.29, 1.82) is 0 Å². The van der Waals surface area contributed by atoms with Crippen molar-refractivity contribution in [3.63, 3.8) is 0 Å². The second-order valence-corrected chi connectivity index (χ2v) is 23.0. The van der Waals surface area contributed by atoms with Gasteiger partial charge in [0, 0.05) is 41.3 Å². The number of hydrogen-bond acceptors (Lipinski definition) is 18. The molecule has 11 N–H and O–H groups in total. The van der Waals surface area contributed by atoms with Crippen molar-refractivity contribution < 1.29 is 87.9 Å². The fourth-order valence-electron chi connectivity index (χ4n) is 14.9. The highest BCUT2D eigenvalue weighted by atomic mass is 16.7. The highest BCUT2D eigenvalue weighted by molar-refractivity contribution is 6.01. The van der Waals surface area contributed by atoms with Gasteiger partial charge in [0.1, 0.15) is 43.9 Å². The number of aliphatic hydroxyl groups is 5. The van der Waals surface area contributed by atoms with E-state index in [1.165, 1.54) is 18.2 Å². The van der Waals surface area contributed by atoms with Crippen LogP contribution in [0.15, 0.2) is 66.3 Å². The third kappa shape index (κ3) is 9.99. The van der Waals surface area contributed by atoms with E-state index in [-0.39, 0.29) is 66.0 Å². The number of benzene rings is 2. The van der Waals surface area contributed by atoms with E-state index in [0.29, 0.717) is 24.3 Å². The number of amides is 3. The van der Waals surface area contributed by atoms with Crippen molar-refractivity contribution in [2.24, 2.45) is 45.8 Å². The van der Waals surface area contributed by atoms with Crippen molar-refractivity contribution in [2.75, 3.05) is 25.1 Å². The topological polar surface area (TPSA) is 341 Å². The van der Waals surface area contributed by atoms with Gasteiger partial charge in [-0.3, -0.25) is 24.0 Å². The lowest BCUT2D eigenvalue weighted by atomic mass is 9.46. The van der Waals surface area contributed by atoms with Crippen LogP contribution in [0.3, 0.4) is 0 Å². The molecule has 0 aromatic heterocycles. The Morgan fingerprint density at radius 3 is 2.35 bits per heavy atom. The second kappa shape index (κ2) is 21.2. The number of allylic oxidation sites excluding steroid dienone is 4. The van der Waals surface area contributed by atoms with Gasteiger partial charge in [0.15, 0.2) is 29.6 Å². The molecule has 2 aromatic carbocycles. The Kier molecular flexibility index (Phi) is 15.0. The molecule has 5 saturated carbocycles. The molecule has 2 aliphatic heterocycles. The maximum atomic E-state index is 14.0. The predicted molar refractivity (Wildman–Crippen MR) is 266 cm³/mol. The summed E-state index contributed by atoms with van der Waals surface area (Å²) in [4.78, 5) is 79.9. The number of rotatable bonds is 17. The second-order valence-electron chi connectivity index (χ2n) is 23.0. The molecule has 14 atom stereocenters. The van der Waals surface area contributed by atoms with Gasteiger partial charge in [-0.25, -0.2) is 15.5 Å². The SMILES string of the molecule is C[C@]12C=CC(=O)C=C1CC[C@@H]1[C@@H]2[C@@H](O)C[C@@]2(C)[C@H]1C[C@H]1O[C@@H](c3ccc(CC4CC5(C4)CC(NC(=O)OCc4ccc(O[C@@H]6O[C@H](C(=O)O)[C@@H](O)[C@H](O)[C@H]6O)c(NC(=O)CCNC(=O)CON)c4)C5)cc3)O[C@]12C(=O)CO. The molecule has 0 unspecified atom stereocenters. The zero-order valence-corrected chi connectivity index (χ0v) is 42.8. The van der Waals surface area contributed by atoms with Crippen molar-refractivity contribution in [3.05, 3.63) is 83.0 Å². The number of Topliss-reactive ketones (excluding diaryl/α,β-unsaturated/α-hetero) is 1. The summed E-state index contributed by atoms with van der Waals surface area (Å²) in [6.45, 7) is 2.69. The van der Waals surface area contributed by atoms with Crippen LogP contribution in [0.2, 0.25) is 0 Å². The van der Waals surface area contributed by atoms with Crippen LogP contribution in [-0.4, -0.2) is 140 Å². The minimum absolute atomic E-state index is 0.00250. The lowest BCUT2D eigenvalue weighted by Gasteiger charge is -2.59. The fourth-order valence-corrected chi connectivity index (χ4v) is 14.9. The standard InChI is InChI=1S/C55H68N4O18/c1-52-13-11-33(61)17-31(52)8-9-34-35-18-40-55(39(63)24-60,53(35,2)23-37(62)43(34)52)77-49(75-40)30-6-3-27(4-7-30)15-29-19-54(20-29)21-32(22-54)58-51(71)72-25-28-5-10-38(36(16-28)59-41(64)12-14-57-42(65)26-73-56)74-50-46(68)44(66)45(67)47(76-50)48(69)70/h3-7,10-11,13,16-17,29,32,34-35,37,40,43-47,49-50,60,62,66-68H,8-9,12,14-15,18-26,56H2,1-2H3,(H,57,65)(H,58,71)(H,59,64)(H,69,70)/t29?,32?,34-,35-,37-,40+,43+,44-,45-,46+,47-,49+,50+,52-,53-,54?,55+/m0/s1. The first-order valence-electron chi connectivity index (χ1n) is 26.4. The fraction of sp³-hybridized carbons (Fsp3) is 0.600. The normalized spacial score (nSPS) is 38.4. The van der Waals surface area contributed by atoms with E-state index >= 15 is 0 Å². The number of carbonyl (C=O) groups is 6. The molecule has 3 amide bonds. The summed E-state index contributed by atoms with van der Waals surface area (Å²) in [6, 6.07) is 12.2. The van der Waals surface area contributed by atoms with E-state index in [0.717, 1.165) is 61.6 Å². The third-order valence-electron chi connectivity index (χ3n) is 18.3. The Bertz CT molecular complexity index is 2700. The summed E-state index contributed by atoms with van der Waals surface area (Å²) in [5.41, 5.74) is 0.790. The molecule has 77 heavy (non-hydrogen) atoms. The van der Waals surface area contributed by atoms with Gasteiger partial charge in [-0.2, -0.15) is 0 Å². The molecule has 1 spiro atoms. The number of nitrogens with two attached hydrogens (primary N) is 1. The molecular formula is C55H68N4O18. The van der Waals surface area contributed by atoms with Gasteiger partial charge in [-0.1, -0.05) is 55.8 Å². The van der Waals surface area contributed by atoms with Gasteiger partial charge in [0.2, 0.25) is 18.1 Å². The van der Waals surface area contributed by atoms with Crippen LogP contribution in [0.1, 0.15) is 94.6 Å². The minimum atomic E-state index is -1.96. The molecular weight excluding hydrogens is 1000 g/mol. The molecule has 22 nitrogen and oxygen atoms in total. The maximum Gasteiger partial charge on any atom is 0.407 e. The number of anilines is 1. The minimum Gasteiger partial charge on any atom is -0.479 e. The Labute approximate surface area is 443 Å². The van der Waals surface area contributed by atoms with Crippen LogP contribution >= 0.6 is 0 Å². The van der Waals surface area contributed by atoms with E-state index in [4.69, 9.17) is 29.6 Å². The zero-order valence-electron chi connectivity index (χ0n) is 42.8. The number of carbonyl (C=O) groups excluding carboxylic acids is 5. The van der Waals surface area contributed by atoms with E-state index in [2.05, 4.69) is 39.8 Å². The number of carboxylic acid groups (broad SMARTS) is 1. The molecule has 6 aliphatic carbocycles. The number of alkyl carbamates (subject to hydrolysis) is 1. The maximum absolute atomic E-state index is 14.0. The Morgan fingerprint density at radius 2 is 1.64 bits per heavy atom. The number of carboxylic acids is 1. The van der Waals surface area contributed by atoms with E-state index in [1.54, 1.807) is 12.2 Å². The molecule has 2 saturated heterocycles. The molecule has 2 aromatic rings. The van der Waals surface area contributed by atoms with Gasteiger partial charge in [0.05, 0.1) is 17.9 Å². The highest BCUT2D eigenvalue weighted by Gasteiger charge is 2.76. The molecule has 0 bridgehead atoms. The lowest BCUT2D eigenvalue weighted by Crippen LogP contribution is -2.63. The molecule has 0 radical (unpaired) electrons. The largest absolute Gasteiger partial charge is 0.479 e. The predicted octanol–water partition coefficient (Wildman–Crippen LogP) is 1.92. The van der Waals surface area contributed by atoms with Crippen LogP contribution in [0.4, 0.5) is 10.5 Å². The van der Waals surface area contributed by atoms with Gasteiger partial charge in [-0.15, -0.1) is 0 Å². The molecule has 22 heteroatoms. The summed E-state index contributed by atoms with van der Waals surface area (Å²) in [6.07, 6.45) is -0.458. The summed E-state index contributed by atoms with van der Waals surface area (Å²) in [7, 11) is 0. The first-order valence-corrected chi connectivity index (χ1v) is 26.4. The summed E-state index contributed by atoms with van der Waals surface area (Å²) in [5.74, 6) is 1.93. The van der Waals surface area contributed by atoms with Crippen molar-refractivity contribution in [3.8, 4) is 5.75 Å². The Balaban J connectivity index is 0.702. The van der Waals surface area contributed by atoms with Crippen LogP contribution in [0.5, 0.6) is 5.75 Å². The lowest BCUT2D eigenvalue weighted by molar-refractivity contribution is -0.271. The highest BCUT2D eigenvalue weighted by Crippen LogP contribution is 2.70. The molecule has 2 heterocycles. The summed E-state index contributed by atoms with van der Waals surface area (Å²) >= 11 is 0. The smallest absolute Gasteiger partial charge is 0.407 e. The number of ether oxygens (including phenoxy) is 5. The van der Waals surface area contributed by atoms with Gasteiger partial charge < -0.3 is 70.3 Å². The van der Waals surface area contributed by atoms with E-state index < -0.39 is 109 Å². The summed E-state index contributed by atoms with van der Waals surface area (Å²) in [5, 5.41) is 70.8. The van der Waals surface area contributed by atoms with E-state index in [9.17, 15) is 59.4 Å². The van der Waals surface area contributed by atoms with Crippen LogP contribution in [0, 0.1) is 39.9 Å². The molecule has 8 aliphatic rings. The monoisotopic (exact) mass is 1070 g/mol. The number of nitrogens with one attached hydrogen (secondary N) is 3. The van der Waals surface area contributed by atoms with Gasteiger partial charge in [-0.05, 0) is 116 Å². The van der Waals surface area contributed by atoms with Crippen LogP contribution in [0.25, 0.3) is 0 Å². The number of aliphatic hydroxyl groups excluding tert-OH is 5. The van der Waals surface area contributed by atoms with Gasteiger partial charge in [0.25, 0.3) is 0 Å². The first-order chi connectivity index (χ1) is 36.7. The van der Waals surface area contributed by atoms with Crippen molar-refractivity contribution >= 4 is 41.1 Å². The number of fused-ring (bicyclic) bond motifs is 7.